The fourth-order valence-electron chi connectivity index (χ4n) is 9.63. The van der Waals surface area contributed by atoms with Crippen LogP contribution in [-0.4, -0.2) is 64.7 Å². The molecule has 1 aromatic rings. The molecule has 1 aliphatic heterocycles. The Morgan fingerprint density at radius 3 is 2.36 bits per heavy atom. The Morgan fingerprint density at radius 2 is 1.74 bits per heavy atom. The van der Waals surface area contributed by atoms with Gasteiger partial charge in [0.05, 0.1) is 18.2 Å². The van der Waals surface area contributed by atoms with Gasteiger partial charge in [-0.25, -0.2) is 0 Å². The van der Waals surface area contributed by atoms with Crippen LogP contribution in [0.15, 0.2) is 24.3 Å². The standard InChI is InChI=1S/C38H57N5O4/c1-36(2,3)20-28(33(39)42-38(15-9-6-10-16-38)19-24-18-23-11-7-8-12-25(23)31(24)44)43-21-26-29(37(26,4)5)30(43)35(47)41-27(17-22-13-14-22)32(45)34(40)46/h7-8,11-12,22,24,26-30,33,42H,6,9-10,13-21,39H2,1-5H3,(H2,40,46)(H,41,47)/t24?,26?,27?,28?,29?,30-,33?/m0/s1. The molecule has 4 fully saturated rings. The van der Waals surface area contributed by atoms with E-state index in [-0.39, 0.29) is 45.9 Å². The molecular weight excluding hydrogens is 590 g/mol. The van der Waals surface area contributed by atoms with Crippen LogP contribution in [0.4, 0.5) is 0 Å². The van der Waals surface area contributed by atoms with Crippen LogP contribution in [0.5, 0.6) is 0 Å². The molecule has 0 aromatic heterocycles. The number of Topliss-reactive ketones (excluding diaryl/α,β-unsaturated/α-hetero) is 2. The Bertz CT molecular complexity index is 1390. The molecule has 9 heteroatoms. The zero-order valence-electron chi connectivity index (χ0n) is 29.1. The van der Waals surface area contributed by atoms with Crippen LogP contribution in [0.1, 0.15) is 115 Å². The topological polar surface area (TPSA) is 148 Å². The van der Waals surface area contributed by atoms with E-state index in [0.717, 1.165) is 75.5 Å². The van der Waals surface area contributed by atoms with Crippen molar-refractivity contribution in [1.82, 2.24) is 15.5 Å². The summed E-state index contributed by atoms with van der Waals surface area (Å²) in [5.74, 6) is -0.896. The molecule has 3 saturated carbocycles. The molecule has 9 nitrogen and oxygen atoms in total. The number of ketones is 2. The Balaban J connectivity index is 1.25. The van der Waals surface area contributed by atoms with Gasteiger partial charge < -0.3 is 16.8 Å². The summed E-state index contributed by atoms with van der Waals surface area (Å²) in [6.45, 7) is 11.8. The van der Waals surface area contributed by atoms with Crippen molar-refractivity contribution in [3.63, 3.8) is 0 Å². The summed E-state index contributed by atoms with van der Waals surface area (Å²) < 4.78 is 0. The van der Waals surface area contributed by atoms with Crippen molar-refractivity contribution in [2.45, 2.75) is 135 Å². The monoisotopic (exact) mass is 647 g/mol. The van der Waals surface area contributed by atoms with Crippen molar-refractivity contribution in [2.75, 3.05) is 6.54 Å². The second-order valence-electron chi connectivity index (χ2n) is 17.5. The second-order valence-corrected chi connectivity index (χ2v) is 17.5. The largest absolute Gasteiger partial charge is 0.363 e. The quantitative estimate of drug-likeness (QED) is 0.186. The fraction of sp³-hybridized carbons (Fsp3) is 0.737. The third-order valence-electron chi connectivity index (χ3n) is 12.4. The van der Waals surface area contributed by atoms with Crippen molar-refractivity contribution in [2.24, 2.45) is 46.0 Å². The summed E-state index contributed by atoms with van der Waals surface area (Å²) in [6.07, 6.45) is 9.68. The first-order valence-electron chi connectivity index (χ1n) is 18.2. The molecule has 0 radical (unpaired) electrons. The van der Waals surface area contributed by atoms with E-state index in [0.29, 0.717) is 18.3 Å². The van der Waals surface area contributed by atoms with Crippen molar-refractivity contribution < 1.29 is 19.2 Å². The van der Waals surface area contributed by atoms with Gasteiger partial charge in [-0.15, -0.1) is 0 Å². The van der Waals surface area contributed by atoms with Crippen molar-refractivity contribution >= 4 is 23.4 Å². The van der Waals surface area contributed by atoms with E-state index >= 15 is 0 Å². The minimum atomic E-state index is -0.998. The van der Waals surface area contributed by atoms with E-state index in [2.05, 4.69) is 56.2 Å². The van der Waals surface area contributed by atoms with Gasteiger partial charge in [-0.1, -0.05) is 91.0 Å². The van der Waals surface area contributed by atoms with Crippen LogP contribution in [0.2, 0.25) is 0 Å². The maximum atomic E-state index is 14.3. The van der Waals surface area contributed by atoms with E-state index in [1.54, 1.807) is 0 Å². The summed E-state index contributed by atoms with van der Waals surface area (Å²) in [5.41, 5.74) is 14.4. The Kier molecular flexibility index (Phi) is 9.24. The number of likely N-dealkylation sites (tertiary alicyclic amines) is 1. The normalized spacial score (nSPS) is 29.8. The summed E-state index contributed by atoms with van der Waals surface area (Å²) in [7, 11) is 0. The lowest BCUT2D eigenvalue weighted by atomic mass is 9.74. The number of primary amides is 1. The Hall–Kier alpha value is -2.62. The number of fused-ring (bicyclic) bond motifs is 2. The number of hydrogen-bond acceptors (Lipinski definition) is 7. The number of carbonyl (C=O) groups excluding carboxylic acids is 4. The number of nitrogens with one attached hydrogen (secondary N) is 2. The van der Waals surface area contributed by atoms with Crippen LogP contribution in [0, 0.1) is 34.5 Å². The molecule has 6 unspecified atom stereocenters. The number of hydrogen-bond donors (Lipinski definition) is 4. The van der Waals surface area contributed by atoms with Crippen LogP contribution < -0.4 is 22.1 Å². The fourth-order valence-corrected chi connectivity index (χ4v) is 9.63. The molecular formula is C38H57N5O4. The second kappa shape index (κ2) is 12.7. The highest BCUT2D eigenvalue weighted by atomic mass is 16.2. The number of rotatable bonds is 13. The van der Waals surface area contributed by atoms with Gasteiger partial charge in [0.2, 0.25) is 11.7 Å². The van der Waals surface area contributed by atoms with Crippen LogP contribution >= 0.6 is 0 Å². The first-order chi connectivity index (χ1) is 22.1. The third kappa shape index (κ3) is 7.09. The van der Waals surface area contributed by atoms with Gasteiger partial charge in [0, 0.05) is 29.6 Å². The van der Waals surface area contributed by atoms with E-state index < -0.39 is 29.9 Å². The van der Waals surface area contributed by atoms with E-state index in [1.807, 2.05) is 18.2 Å². The molecule has 4 aliphatic carbocycles. The average molecular weight is 648 g/mol. The predicted molar refractivity (Wildman–Crippen MR) is 182 cm³/mol. The number of benzene rings is 1. The molecule has 258 valence electrons. The molecule has 2 amide bonds. The lowest BCUT2D eigenvalue weighted by Crippen LogP contribution is -2.66. The van der Waals surface area contributed by atoms with Gasteiger partial charge in [-0.05, 0) is 72.7 Å². The molecule has 5 aliphatic rings. The summed E-state index contributed by atoms with van der Waals surface area (Å²) in [4.78, 5) is 54.9. The van der Waals surface area contributed by atoms with E-state index in [4.69, 9.17) is 11.5 Å². The van der Waals surface area contributed by atoms with E-state index in [9.17, 15) is 19.2 Å². The first-order valence-corrected chi connectivity index (χ1v) is 18.2. The highest BCUT2D eigenvalue weighted by Crippen LogP contribution is 2.65. The number of nitrogens with zero attached hydrogens (tertiary/aromatic N) is 1. The maximum Gasteiger partial charge on any atom is 0.287 e. The zero-order chi connectivity index (χ0) is 33.9. The van der Waals surface area contributed by atoms with Crippen LogP contribution in [0.25, 0.3) is 0 Å². The van der Waals surface area contributed by atoms with Gasteiger partial charge in [-0.2, -0.15) is 0 Å². The highest BCUT2D eigenvalue weighted by molar-refractivity contribution is 6.37. The molecule has 0 bridgehead atoms. The minimum absolute atomic E-state index is 0.00440. The van der Waals surface area contributed by atoms with Crippen molar-refractivity contribution in [3.05, 3.63) is 35.4 Å². The molecule has 6 N–H and O–H groups in total. The lowest BCUT2D eigenvalue weighted by molar-refractivity contribution is -0.139. The molecule has 1 saturated heterocycles. The van der Waals surface area contributed by atoms with Gasteiger partial charge in [0.25, 0.3) is 5.91 Å². The van der Waals surface area contributed by atoms with Crippen molar-refractivity contribution in [3.8, 4) is 0 Å². The van der Waals surface area contributed by atoms with Gasteiger partial charge in [0.15, 0.2) is 5.78 Å². The first kappa shape index (κ1) is 34.3. The number of amides is 2. The summed E-state index contributed by atoms with van der Waals surface area (Å²) in [6, 6.07) is 6.53. The van der Waals surface area contributed by atoms with Gasteiger partial charge in [-0.3, -0.25) is 29.4 Å². The van der Waals surface area contributed by atoms with Gasteiger partial charge in [0.1, 0.15) is 0 Å². The van der Waals surface area contributed by atoms with Gasteiger partial charge >= 0.3 is 0 Å². The molecule has 7 atom stereocenters. The molecule has 0 spiro atoms. The summed E-state index contributed by atoms with van der Waals surface area (Å²) in [5, 5.41) is 6.98. The van der Waals surface area contributed by atoms with Crippen molar-refractivity contribution in [1.29, 1.82) is 0 Å². The molecule has 47 heavy (non-hydrogen) atoms. The molecule has 1 heterocycles. The number of nitrogens with two attached hydrogens (primary N) is 2. The Morgan fingerprint density at radius 1 is 1.06 bits per heavy atom. The number of carbonyl (C=O) groups is 4. The predicted octanol–water partition coefficient (Wildman–Crippen LogP) is 4.11. The SMILES string of the molecule is CC(C)(C)CC(C(N)NC1(CC2Cc3ccccc3C2=O)CCCCC1)N1CC2C([C@H]1C(=O)NC(CC1CC1)C(=O)C(N)=O)C2(C)C. The highest BCUT2D eigenvalue weighted by Gasteiger charge is 2.69. The van der Waals surface area contributed by atoms with Crippen LogP contribution in [-0.2, 0) is 20.8 Å². The van der Waals surface area contributed by atoms with E-state index in [1.165, 1.54) is 6.42 Å². The maximum absolute atomic E-state index is 14.3. The third-order valence-corrected chi connectivity index (χ3v) is 12.4. The number of piperidine rings is 1. The minimum Gasteiger partial charge on any atom is -0.363 e. The zero-order valence-corrected chi connectivity index (χ0v) is 29.1. The summed E-state index contributed by atoms with van der Waals surface area (Å²) >= 11 is 0. The smallest absolute Gasteiger partial charge is 0.287 e. The Labute approximate surface area is 280 Å². The lowest BCUT2D eigenvalue weighted by Gasteiger charge is -2.47. The molecule has 6 rings (SSSR count). The average Bonchev–Trinajstić information content (AvgIpc) is 3.81. The molecule has 1 aromatic carbocycles. The van der Waals surface area contributed by atoms with Crippen LogP contribution in [0.3, 0.4) is 0 Å².